The molecule has 15 heavy (non-hydrogen) atoms. The van der Waals surface area contributed by atoms with E-state index in [-0.39, 0.29) is 6.10 Å². The molecule has 2 saturated heterocycles. The molecule has 0 spiro atoms. The van der Waals surface area contributed by atoms with Crippen LogP contribution < -0.4 is 0 Å². The highest BCUT2D eigenvalue weighted by Gasteiger charge is 2.28. The molecule has 3 nitrogen and oxygen atoms in total. The van der Waals surface area contributed by atoms with E-state index in [0.717, 1.165) is 32.5 Å². The highest BCUT2D eigenvalue weighted by atomic mass is 16.6. The van der Waals surface area contributed by atoms with Crippen LogP contribution >= 0.6 is 0 Å². The largest absolute Gasteiger partial charge is 0.389 e. The summed E-state index contributed by atoms with van der Waals surface area (Å²) in [4.78, 5) is 0. The normalized spacial score (nSPS) is 38.3. The van der Waals surface area contributed by atoms with E-state index in [0.29, 0.717) is 12.2 Å². The molecule has 0 aromatic rings. The Hall–Kier alpha value is -0.640. The highest BCUT2D eigenvalue weighted by Crippen LogP contribution is 2.30. The minimum atomic E-state index is -0.308. The smallest absolute Gasteiger partial charge is 0.0850 e. The van der Waals surface area contributed by atoms with Gasteiger partial charge in [0.05, 0.1) is 31.5 Å². The number of epoxide rings is 2. The van der Waals surface area contributed by atoms with Crippen LogP contribution in [0, 0.1) is 0 Å². The van der Waals surface area contributed by atoms with Crippen LogP contribution in [0.4, 0.5) is 0 Å². The third kappa shape index (κ3) is 2.68. The van der Waals surface area contributed by atoms with Crippen molar-refractivity contribution < 1.29 is 14.6 Å². The highest BCUT2D eigenvalue weighted by molar-refractivity contribution is 5.31. The lowest BCUT2D eigenvalue weighted by Crippen LogP contribution is -2.11. The van der Waals surface area contributed by atoms with Crippen LogP contribution in [-0.2, 0) is 9.47 Å². The molecule has 2 aliphatic heterocycles. The second-order valence-electron chi connectivity index (χ2n) is 4.63. The van der Waals surface area contributed by atoms with Gasteiger partial charge in [-0.15, -0.1) is 0 Å². The van der Waals surface area contributed by atoms with E-state index in [1.807, 2.05) is 6.08 Å². The molecule has 3 aliphatic rings. The number of allylic oxidation sites excluding steroid dienone is 1. The van der Waals surface area contributed by atoms with Gasteiger partial charge in [-0.3, -0.25) is 0 Å². The molecule has 3 atom stereocenters. The van der Waals surface area contributed by atoms with Crippen LogP contribution in [0.15, 0.2) is 23.3 Å². The summed E-state index contributed by atoms with van der Waals surface area (Å²) < 4.78 is 10.4. The quantitative estimate of drug-likeness (QED) is 0.706. The second kappa shape index (κ2) is 3.74. The van der Waals surface area contributed by atoms with Gasteiger partial charge in [0.25, 0.3) is 0 Å². The van der Waals surface area contributed by atoms with E-state index >= 15 is 0 Å². The van der Waals surface area contributed by atoms with Crippen molar-refractivity contribution in [1.29, 1.82) is 0 Å². The molecule has 3 rings (SSSR count). The number of hydrogen-bond acceptors (Lipinski definition) is 3. The van der Waals surface area contributed by atoms with Gasteiger partial charge in [-0.2, -0.15) is 0 Å². The molecule has 0 amide bonds. The molecule has 0 aromatic heterocycles. The predicted octanol–water partition coefficient (Wildman–Crippen LogP) is 1.18. The molecule has 0 radical (unpaired) electrons. The van der Waals surface area contributed by atoms with Gasteiger partial charge in [0.2, 0.25) is 0 Å². The molecular weight excluding hydrogens is 192 g/mol. The Morgan fingerprint density at radius 2 is 1.87 bits per heavy atom. The average molecular weight is 208 g/mol. The van der Waals surface area contributed by atoms with Crippen molar-refractivity contribution in [2.75, 3.05) is 13.2 Å². The predicted molar refractivity (Wildman–Crippen MR) is 55.5 cm³/mol. The van der Waals surface area contributed by atoms with E-state index in [2.05, 4.69) is 6.08 Å². The zero-order chi connectivity index (χ0) is 10.3. The van der Waals surface area contributed by atoms with E-state index in [1.54, 1.807) is 0 Å². The van der Waals surface area contributed by atoms with Crippen LogP contribution in [0.25, 0.3) is 0 Å². The third-order valence-electron chi connectivity index (χ3n) is 3.03. The first-order valence-electron chi connectivity index (χ1n) is 5.61. The van der Waals surface area contributed by atoms with Gasteiger partial charge in [-0.25, -0.2) is 0 Å². The van der Waals surface area contributed by atoms with Gasteiger partial charge in [0.15, 0.2) is 0 Å². The molecule has 2 fully saturated rings. The van der Waals surface area contributed by atoms with Crippen molar-refractivity contribution in [3.8, 4) is 0 Å². The summed E-state index contributed by atoms with van der Waals surface area (Å²) >= 11 is 0. The third-order valence-corrected chi connectivity index (χ3v) is 3.03. The zero-order valence-corrected chi connectivity index (χ0v) is 8.69. The summed E-state index contributed by atoms with van der Waals surface area (Å²) in [5.41, 5.74) is 2.55. The summed E-state index contributed by atoms with van der Waals surface area (Å²) in [7, 11) is 0. The number of ether oxygens (including phenoxy) is 2. The molecule has 0 aromatic carbocycles. The van der Waals surface area contributed by atoms with Crippen molar-refractivity contribution in [3.63, 3.8) is 0 Å². The lowest BCUT2D eigenvalue weighted by Gasteiger charge is -2.17. The van der Waals surface area contributed by atoms with Crippen LogP contribution in [0.5, 0.6) is 0 Å². The van der Waals surface area contributed by atoms with Gasteiger partial charge in [0, 0.05) is 6.42 Å². The summed E-state index contributed by atoms with van der Waals surface area (Å²) in [6.07, 6.45) is 7.39. The molecule has 1 aliphatic carbocycles. The van der Waals surface area contributed by atoms with E-state index in [4.69, 9.17) is 9.47 Å². The fourth-order valence-electron chi connectivity index (χ4n) is 2.14. The van der Waals surface area contributed by atoms with E-state index in [1.165, 1.54) is 11.1 Å². The Balaban J connectivity index is 1.65. The minimum Gasteiger partial charge on any atom is -0.389 e. The summed E-state index contributed by atoms with van der Waals surface area (Å²) in [6.45, 7) is 1.76. The molecule has 1 N–H and O–H groups in total. The van der Waals surface area contributed by atoms with E-state index in [9.17, 15) is 5.11 Å². The fourth-order valence-corrected chi connectivity index (χ4v) is 2.14. The van der Waals surface area contributed by atoms with Gasteiger partial charge in [-0.1, -0.05) is 17.7 Å². The topological polar surface area (TPSA) is 45.3 Å². The van der Waals surface area contributed by atoms with Crippen LogP contribution in [0.1, 0.15) is 19.3 Å². The SMILES string of the molecule is OC1C=C(CC2CO2)C=C(CC2CO2)C1. The fraction of sp³-hybridized carbons (Fsp3) is 0.667. The van der Waals surface area contributed by atoms with Crippen molar-refractivity contribution >= 4 is 0 Å². The van der Waals surface area contributed by atoms with E-state index < -0.39 is 0 Å². The summed E-state index contributed by atoms with van der Waals surface area (Å²) in [5.74, 6) is 0. The maximum Gasteiger partial charge on any atom is 0.0850 e. The summed E-state index contributed by atoms with van der Waals surface area (Å²) in [5, 5.41) is 9.72. The molecular formula is C12H16O3. The summed E-state index contributed by atoms with van der Waals surface area (Å²) in [6, 6.07) is 0. The van der Waals surface area contributed by atoms with Gasteiger partial charge in [0.1, 0.15) is 0 Å². The maximum absolute atomic E-state index is 9.72. The first-order valence-corrected chi connectivity index (χ1v) is 5.61. The van der Waals surface area contributed by atoms with Crippen molar-refractivity contribution in [2.45, 2.75) is 37.6 Å². The monoisotopic (exact) mass is 208 g/mol. The minimum absolute atomic E-state index is 0.308. The molecule has 3 unspecified atom stereocenters. The Bertz CT molecular complexity index is 311. The number of aliphatic hydroxyl groups excluding tert-OH is 1. The molecule has 82 valence electrons. The molecule has 0 saturated carbocycles. The Morgan fingerprint density at radius 3 is 2.53 bits per heavy atom. The average Bonchev–Trinajstić information content (AvgIpc) is 2.98. The number of hydrogen-bond donors (Lipinski definition) is 1. The Labute approximate surface area is 89.4 Å². The number of aliphatic hydroxyl groups is 1. The van der Waals surface area contributed by atoms with Crippen molar-refractivity contribution in [1.82, 2.24) is 0 Å². The Kier molecular flexibility index (Phi) is 2.39. The van der Waals surface area contributed by atoms with Gasteiger partial charge in [-0.05, 0) is 18.4 Å². The first kappa shape index (κ1) is 9.58. The molecule has 2 heterocycles. The van der Waals surface area contributed by atoms with Crippen LogP contribution in [-0.4, -0.2) is 36.6 Å². The zero-order valence-electron chi connectivity index (χ0n) is 8.69. The second-order valence-corrected chi connectivity index (χ2v) is 4.63. The van der Waals surface area contributed by atoms with Crippen molar-refractivity contribution in [3.05, 3.63) is 23.3 Å². The lowest BCUT2D eigenvalue weighted by molar-refractivity contribution is 0.218. The Morgan fingerprint density at radius 1 is 1.20 bits per heavy atom. The van der Waals surface area contributed by atoms with Crippen LogP contribution in [0.3, 0.4) is 0 Å². The maximum atomic E-state index is 9.72. The standard InChI is InChI=1S/C12H16O3/c13-10-2-8(4-11-6-14-11)1-9(3-10)5-12-7-15-12/h1-2,10-13H,3-7H2. The van der Waals surface area contributed by atoms with Gasteiger partial charge < -0.3 is 14.6 Å². The van der Waals surface area contributed by atoms with Crippen LogP contribution in [0.2, 0.25) is 0 Å². The molecule has 3 heteroatoms. The number of rotatable bonds is 4. The van der Waals surface area contributed by atoms with Crippen molar-refractivity contribution in [2.24, 2.45) is 0 Å². The lowest BCUT2D eigenvalue weighted by atomic mass is 9.92. The first-order chi connectivity index (χ1) is 7.29. The van der Waals surface area contributed by atoms with Gasteiger partial charge >= 0.3 is 0 Å². The molecule has 0 bridgehead atoms.